The maximum Gasteiger partial charge on any atom is 0.274 e. The number of hydrogen-bond acceptors (Lipinski definition) is 5. The number of rotatable bonds is 8. The van der Waals surface area contributed by atoms with Gasteiger partial charge >= 0.3 is 0 Å². The quantitative estimate of drug-likeness (QED) is 0.626. The zero-order chi connectivity index (χ0) is 20.6. The molecule has 0 aliphatic carbocycles. The van der Waals surface area contributed by atoms with Crippen molar-refractivity contribution in [2.75, 3.05) is 12.4 Å². The Balaban J connectivity index is 1.67. The van der Waals surface area contributed by atoms with Crippen molar-refractivity contribution in [3.05, 3.63) is 83.8 Å². The van der Waals surface area contributed by atoms with Crippen LogP contribution in [-0.2, 0) is 13.1 Å². The molecule has 3 aromatic rings. The Hall–Kier alpha value is -3.41. The van der Waals surface area contributed by atoms with Gasteiger partial charge in [-0.25, -0.2) is 9.97 Å². The van der Waals surface area contributed by atoms with Gasteiger partial charge in [0.25, 0.3) is 5.91 Å². The second kappa shape index (κ2) is 9.68. The van der Waals surface area contributed by atoms with Crippen LogP contribution in [0.25, 0.3) is 0 Å². The number of aromatic nitrogens is 2. The molecule has 0 aliphatic rings. The molecule has 1 aromatic heterocycles. The van der Waals surface area contributed by atoms with Gasteiger partial charge in [-0.3, -0.25) is 4.79 Å². The van der Waals surface area contributed by atoms with Crippen LogP contribution in [0.1, 0.15) is 35.5 Å². The molecular formula is C23H26N4O2. The molecule has 0 unspecified atom stereocenters. The Morgan fingerprint density at radius 1 is 1.03 bits per heavy atom. The van der Waals surface area contributed by atoms with Crippen molar-refractivity contribution in [1.29, 1.82) is 0 Å². The van der Waals surface area contributed by atoms with Crippen molar-refractivity contribution < 1.29 is 9.53 Å². The Morgan fingerprint density at radius 3 is 2.41 bits per heavy atom. The molecular weight excluding hydrogens is 364 g/mol. The smallest absolute Gasteiger partial charge is 0.274 e. The SMILES string of the molecule is COc1ccccc1CNc1cnc(C(=O)N(Cc2ccccc2)C(C)C)cn1. The van der Waals surface area contributed by atoms with Crippen LogP contribution >= 0.6 is 0 Å². The molecule has 1 amide bonds. The number of amides is 1. The van der Waals surface area contributed by atoms with E-state index in [1.54, 1.807) is 18.2 Å². The van der Waals surface area contributed by atoms with Gasteiger partial charge in [0, 0.05) is 24.7 Å². The zero-order valence-corrected chi connectivity index (χ0v) is 17.0. The molecule has 0 aliphatic heterocycles. The summed E-state index contributed by atoms with van der Waals surface area (Å²) in [5.74, 6) is 1.28. The van der Waals surface area contributed by atoms with Crippen LogP contribution in [0.4, 0.5) is 5.82 Å². The molecule has 3 rings (SSSR count). The average molecular weight is 390 g/mol. The topological polar surface area (TPSA) is 67.3 Å². The van der Waals surface area contributed by atoms with E-state index in [0.717, 1.165) is 16.9 Å². The second-order valence-electron chi connectivity index (χ2n) is 6.96. The van der Waals surface area contributed by atoms with Crippen LogP contribution in [0, 0.1) is 0 Å². The lowest BCUT2D eigenvalue weighted by Gasteiger charge is -2.26. The molecule has 0 atom stereocenters. The second-order valence-corrected chi connectivity index (χ2v) is 6.96. The van der Waals surface area contributed by atoms with Gasteiger partial charge in [-0.05, 0) is 25.5 Å². The molecule has 0 fully saturated rings. The minimum atomic E-state index is -0.132. The summed E-state index contributed by atoms with van der Waals surface area (Å²) in [6.45, 7) is 5.08. The highest BCUT2D eigenvalue weighted by Gasteiger charge is 2.20. The predicted octanol–water partition coefficient (Wildman–Crippen LogP) is 4.15. The minimum Gasteiger partial charge on any atom is -0.496 e. The van der Waals surface area contributed by atoms with Gasteiger partial charge in [-0.1, -0.05) is 48.5 Å². The van der Waals surface area contributed by atoms with Crippen LogP contribution in [0.5, 0.6) is 5.75 Å². The number of anilines is 1. The maximum atomic E-state index is 13.0. The van der Waals surface area contributed by atoms with E-state index in [-0.39, 0.29) is 11.9 Å². The molecule has 0 saturated carbocycles. The Labute approximate surface area is 171 Å². The van der Waals surface area contributed by atoms with Crippen molar-refractivity contribution in [1.82, 2.24) is 14.9 Å². The number of methoxy groups -OCH3 is 1. The van der Waals surface area contributed by atoms with Crippen LogP contribution in [0.2, 0.25) is 0 Å². The summed E-state index contributed by atoms with van der Waals surface area (Å²) in [7, 11) is 1.65. The molecule has 1 N–H and O–H groups in total. The van der Waals surface area contributed by atoms with E-state index in [4.69, 9.17) is 4.74 Å². The van der Waals surface area contributed by atoms with E-state index in [1.165, 1.54) is 6.20 Å². The zero-order valence-electron chi connectivity index (χ0n) is 17.0. The first-order valence-corrected chi connectivity index (χ1v) is 9.61. The molecule has 0 saturated heterocycles. The fourth-order valence-electron chi connectivity index (χ4n) is 2.98. The summed E-state index contributed by atoms with van der Waals surface area (Å²) in [6.07, 6.45) is 3.11. The lowest BCUT2D eigenvalue weighted by atomic mass is 10.2. The Morgan fingerprint density at radius 2 is 1.76 bits per heavy atom. The normalized spacial score (nSPS) is 10.6. The largest absolute Gasteiger partial charge is 0.496 e. The fourth-order valence-corrected chi connectivity index (χ4v) is 2.98. The van der Waals surface area contributed by atoms with Crippen LogP contribution in [-0.4, -0.2) is 33.9 Å². The first-order valence-electron chi connectivity index (χ1n) is 9.61. The van der Waals surface area contributed by atoms with E-state index in [2.05, 4.69) is 15.3 Å². The minimum absolute atomic E-state index is 0.0489. The number of benzene rings is 2. The molecule has 0 bridgehead atoms. The molecule has 2 aromatic carbocycles. The number of hydrogen-bond donors (Lipinski definition) is 1. The molecule has 150 valence electrons. The van der Waals surface area contributed by atoms with Crippen LogP contribution in [0.3, 0.4) is 0 Å². The number of nitrogens with one attached hydrogen (secondary N) is 1. The van der Waals surface area contributed by atoms with Crippen molar-refractivity contribution in [2.24, 2.45) is 0 Å². The van der Waals surface area contributed by atoms with E-state index in [1.807, 2.05) is 68.4 Å². The molecule has 29 heavy (non-hydrogen) atoms. The first-order chi connectivity index (χ1) is 14.1. The number of nitrogens with zero attached hydrogens (tertiary/aromatic N) is 3. The number of para-hydroxylation sites is 1. The number of ether oxygens (including phenoxy) is 1. The summed E-state index contributed by atoms with van der Waals surface area (Å²) < 4.78 is 5.36. The van der Waals surface area contributed by atoms with Gasteiger partial charge in [0.05, 0.1) is 19.5 Å². The molecule has 0 spiro atoms. The molecule has 1 heterocycles. The van der Waals surface area contributed by atoms with E-state index >= 15 is 0 Å². The van der Waals surface area contributed by atoms with Gasteiger partial charge in [0.1, 0.15) is 17.3 Å². The van der Waals surface area contributed by atoms with Gasteiger partial charge in [0.15, 0.2) is 0 Å². The molecule has 6 heteroatoms. The van der Waals surface area contributed by atoms with Crippen molar-refractivity contribution >= 4 is 11.7 Å². The third kappa shape index (κ3) is 5.31. The van der Waals surface area contributed by atoms with Gasteiger partial charge in [-0.2, -0.15) is 0 Å². The average Bonchev–Trinajstić information content (AvgIpc) is 2.76. The molecule has 6 nitrogen and oxygen atoms in total. The highest BCUT2D eigenvalue weighted by molar-refractivity contribution is 5.92. The summed E-state index contributed by atoms with van der Waals surface area (Å²) in [5, 5.41) is 3.22. The third-order valence-corrected chi connectivity index (χ3v) is 4.60. The Kier molecular flexibility index (Phi) is 6.79. The fraction of sp³-hybridized carbons (Fsp3) is 0.261. The summed E-state index contributed by atoms with van der Waals surface area (Å²) in [4.78, 5) is 23.4. The lowest BCUT2D eigenvalue weighted by molar-refractivity contribution is 0.0684. The standard InChI is InChI=1S/C23H26N4O2/c1-17(2)27(16-18-9-5-4-6-10-18)23(28)20-14-26-22(15-24-20)25-13-19-11-7-8-12-21(19)29-3/h4-12,14-15,17H,13,16H2,1-3H3,(H,25,26). The lowest BCUT2D eigenvalue weighted by Crippen LogP contribution is -2.36. The van der Waals surface area contributed by atoms with E-state index in [0.29, 0.717) is 24.6 Å². The summed E-state index contributed by atoms with van der Waals surface area (Å²) in [6, 6.07) is 17.8. The van der Waals surface area contributed by atoms with Crippen molar-refractivity contribution in [2.45, 2.75) is 33.0 Å². The number of carbonyl (C=O) groups is 1. The highest BCUT2D eigenvalue weighted by Crippen LogP contribution is 2.18. The molecule has 0 radical (unpaired) electrons. The van der Waals surface area contributed by atoms with E-state index in [9.17, 15) is 4.79 Å². The predicted molar refractivity (Wildman–Crippen MR) is 114 cm³/mol. The van der Waals surface area contributed by atoms with Crippen molar-refractivity contribution in [3.63, 3.8) is 0 Å². The third-order valence-electron chi connectivity index (χ3n) is 4.60. The maximum absolute atomic E-state index is 13.0. The van der Waals surface area contributed by atoms with Crippen LogP contribution < -0.4 is 10.1 Å². The number of carbonyl (C=O) groups excluding carboxylic acids is 1. The Bertz CT molecular complexity index is 927. The van der Waals surface area contributed by atoms with Gasteiger partial charge in [0.2, 0.25) is 0 Å². The van der Waals surface area contributed by atoms with Gasteiger partial charge in [-0.15, -0.1) is 0 Å². The summed E-state index contributed by atoms with van der Waals surface area (Å²) >= 11 is 0. The van der Waals surface area contributed by atoms with Crippen LogP contribution in [0.15, 0.2) is 67.0 Å². The van der Waals surface area contributed by atoms with E-state index < -0.39 is 0 Å². The van der Waals surface area contributed by atoms with Crippen molar-refractivity contribution in [3.8, 4) is 5.75 Å². The first kappa shape index (κ1) is 20.3. The highest BCUT2D eigenvalue weighted by atomic mass is 16.5. The summed E-state index contributed by atoms with van der Waals surface area (Å²) in [5.41, 5.74) is 2.43. The monoisotopic (exact) mass is 390 g/mol. The van der Waals surface area contributed by atoms with Gasteiger partial charge < -0.3 is 15.0 Å².